The van der Waals surface area contributed by atoms with Crippen LogP contribution in [0.4, 0.5) is 0 Å². The maximum Gasteiger partial charge on any atom is 0.207 e. The molecule has 3 rings (SSSR count). The molecule has 1 aromatic carbocycles. The van der Waals surface area contributed by atoms with Gasteiger partial charge in [0.25, 0.3) is 0 Å². The summed E-state index contributed by atoms with van der Waals surface area (Å²) in [4.78, 5) is 10.7. The second-order valence-electron chi connectivity index (χ2n) is 5.26. The van der Waals surface area contributed by atoms with Crippen LogP contribution in [0.2, 0.25) is 0 Å². The Kier molecular flexibility index (Phi) is 4.70. The van der Waals surface area contributed by atoms with E-state index in [4.69, 9.17) is 18.9 Å². The molecule has 2 N–H and O–H groups in total. The lowest BCUT2D eigenvalue weighted by atomic mass is 9.96. The van der Waals surface area contributed by atoms with Crippen molar-refractivity contribution >= 4 is 6.41 Å². The van der Waals surface area contributed by atoms with Crippen LogP contribution in [0.25, 0.3) is 0 Å². The number of aliphatic hydroxyl groups excluding tert-OH is 1. The van der Waals surface area contributed by atoms with Gasteiger partial charge in [0.2, 0.25) is 6.41 Å². The summed E-state index contributed by atoms with van der Waals surface area (Å²) in [5, 5.41) is 13.0. The van der Waals surface area contributed by atoms with E-state index in [1.807, 2.05) is 30.3 Å². The molecule has 2 saturated heterocycles. The Morgan fingerprint density at radius 1 is 1.32 bits per heavy atom. The van der Waals surface area contributed by atoms with E-state index in [0.29, 0.717) is 6.41 Å². The molecule has 7 nitrogen and oxygen atoms in total. The zero-order valence-electron chi connectivity index (χ0n) is 12.1. The second kappa shape index (κ2) is 6.72. The highest BCUT2D eigenvalue weighted by Gasteiger charge is 2.49. The van der Waals surface area contributed by atoms with E-state index in [2.05, 4.69) is 5.32 Å². The normalized spacial score (nSPS) is 38.1. The SMILES string of the molecule is CO[C@@H]1O[C@H]2CO[C@H](c3ccccc3)O[C@H]2[C@@H](O)[C@H]1NC=O. The van der Waals surface area contributed by atoms with Crippen LogP contribution in [-0.2, 0) is 23.7 Å². The van der Waals surface area contributed by atoms with Crippen molar-refractivity contribution in [1.82, 2.24) is 5.32 Å². The molecule has 0 aliphatic carbocycles. The number of aliphatic hydroxyl groups is 1. The summed E-state index contributed by atoms with van der Waals surface area (Å²) in [6.07, 6.45) is -2.83. The van der Waals surface area contributed by atoms with Gasteiger partial charge >= 0.3 is 0 Å². The van der Waals surface area contributed by atoms with E-state index < -0.39 is 36.9 Å². The predicted molar refractivity (Wildman–Crippen MR) is 74.7 cm³/mol. The first-order valence-corrected chi connectivity index (χ1v) is 7.12. The van der Waals surface area contributed by atoms with Gasteiger partial charge in [-0.2, -0.15) is 0 Å². The van der Waals surface area contributed by atoms with E-state index in [1.54, 1.807) is 0 Å². The summed E-state index contributed by atoms with van der Waals surface area (Å²) in [7, 11) is 1.45. The van der Waals surface area contributed by atoms with E-state index >= 15 is 0 Å². The monoisotopic (exact) mass is 309 g/mol. The molecule has 0 radical (unpaired) electrons. The first-order valence-electron chi connectivity index (χ1n) is 7.12. The smallest absolute Gasteiger partial charge is 0.207 e. The first kappa shape index (κ1) is 15.4. The Morgan fingerprint density at radius 3 is 2.77 bits per heavy atom. The minimum Gasteiger partial charge on any atom is -0.388 e. The molecule has 6 atom stereocenters. The number of hydrogen-bond acceptors (Lipinski definition) is 6. The highest BCUT2D eigenvalue weighted by atomic mass is 16.7. The lowest BCUT2D eigenvalue weighted by Crippen LogP contribution is -2.65. The molecule has 7 heteroatoms. The maximum atomic E-state index is 10.7. The third-order valence-corrected chi connectivity index (χ3v) is 3.93. The van der Waals surface area contributed by atoms with Crippen LogP contribution in [0, 0.1) is 0 Å². The fraction of sp³-hybridized carbons (Fsp3) is 0.533. The summed E-state index contributed by atoms with van der Waals surface area (Å²) in [6, 6.07) is 8.76. The molecule has 1 aromatic rings. The number of fused-ring (bicyclic) bond motifs is 1. The van der Waals surface area contributed by atoms with Gasteiger partial charge in [-0.3, -0.25) is 4.79 Å². The van der Waals surface area contributed by atoms with Crippen LogP contribution in [0.15, 0.2) is 30.3 Å². The molecule has 2 heterocycles. The average Bonchev–Trinajstić information content (AvgIpc) is 2.58. The highest BCUT2D eigenvalue weighted by Crippen LogP contribution is 2.34. The van der Waals surface area contributed by atoms with Crippen LogP contribution in [0.3, 0.4) is 0 Å². The van der Waals surface area contributed by atoms with Crippen LogP contribution in [0.5, 0.6) is 0 Å². The minimum atomic E-state index is -0.955. The molecule has 0 bridgehead atoms. The van der Waals surface area contributed by atoms with Gasteiger partial charge in [-0.25, -0.2) is 0 Å². The Hall–Kier alpha value is -1.51. The molecule has 2 aliphatic heterocycles. The molecule has 120 valence electrons. The third-order valence-electron chi connectivity index (χ3n) is 3.93. The summed E-state index contributed by atoms with van der Waals surface area (Å²) >= 11 is 0. The maximum absolute atomic E-state index is 10.7. The number of rotatable bonds is 4. The van der Waals surface area contributed by atoms with Crippen molar-refractivity contribution < 1.29 is 28.8 Å². The van der Waals surface area contributed by atoms with Crippen molar-refractivity contribution in [2.45, 2.75) is 36.9 Å². The third kappa shape index (κ3) is 2.86. The molecule has 0 spiro atoms. The van der Waals surface area contributed by atoms with E-state index in [9.17, 15) is 9.90 Å². The number of benzene rings is 1. The summed E-state index contributed by atoms with van der Waals surface area (Å²) in [5.41, 5.74) is 0.863. The number of carbonyl (C=O) groups excluding carboxylic acids is 1. The van der Waals surface area contributed by atoms with Crippen molar-refractivity contribution in [3.05, 3.63) is 35.9 Å². The zero-order chi connectivity index (χ0) is 15.5. The summed E-state index contributed by atoms with van der Waals surface area (Å²) < 4.78 is 22.4. The standard InChI is InChI=1S/C15H19NO6/c1-19-15-11(16-8-17)12(18)13-10(21-15)7-20-14(22-13)9-5-3-2-4-6-9/h2-6,8,10-15,18H,7H2,1H3,(H,16,17)/t10-,11+,12-,13+,14-,15+/m0/s1. The molecular weight excluding hydrogens is 290 g/mol. The Labute approximate surface area is 128 Å². The number of ether oxygens (including phenoxy) is 4. The first-order chi connectivity index (χ1) is 10.7. The molecule has 2 fully saturated rings. The number of methoxy groups -OCH3 is 1. The van der Waals surface area contributed by atoms with Crippen molar-refractivity contribution in [2.24, 2.45) is 0 Å². The van der Waals surface area contributed by atoms with Gasteiger partial charge in [-0.15, -0.1) is 0 Å². The molecule has 1 amide bonds. The Bertz CT molecular complexity index is 498. The molecule has 0 saturated carbocycles. The minimum absolute atomic E-state index is 0.273. The quantitative estimate of drug-likeness (QED) is 0.758. The van der Waals surface area contributed by atoms with Crippen molar-refractivity contribution in [3.63, 3.8) is 0 Å². The number of nitrogens with one attached hydrogen (secondary N) is 1. The van der Waals surface area contributed by atoms with Gasteiger partial charge in [0.1, 0.15) is 24.4 Å². The van der Waals surface area contributed by atoms with Gasteiger partial charge in [-0.1, -0.05) is 30.3 Å². The van der Waals surface area contributed by atoms with Gasteiger partial charge in [-0.05, 0) is 0 Å². The van der Waals surface area contributed by atoms with Crippen molar-refractivity contribution in [2.75, 3.05) is 13.7 Å². The van der Waals surface area contributed by atoms with E-state index in [-0.39, 0.29) is 6.61 Å². The van der Waals surface area contributed by atoms with Crippen LogP contribution >= 0.6 is 0 Å². The number of hydrogen-bond donors (Lipinski definition) is 2. The zero-order valence-corrected chi connectivity index (χ0v) is 12.1. The largest absolute Gasteiger partial charge is 0.388 e. The van der Waals surface area contributed by atoms with E-state index in [0.717, 1.165) is 5.56 Å². The lowest BCUT2D eigenvalue weighted by Gasteiger charge is -2.47. The second-order valence-corrected chi connectivity index (χ2v) is 5.26. The highest BCUT2D eigenvalue weighted by molar-refractivity contribution is 5.47. The van der Waals surface area contributed by atoms with Gasteiger partial charge in [0.15, 0.2) is 12.6 Å². The topological polar surface area (TPSA) is 86.2 Å². The Balaban J connectivity index is 1.76. The summed E-state index contributed by atoms with van der Waals surface area (Å²) in [6.45, 7) is 0.273. The lowest BCUT2D eigenvalue weighted by molar-refractivity contribution is -0.341. The molecule has 22 heavy (non-hydrogen) atoms. The van der Waals surface area contributed by atoms with Gasteiger partial charge in [0.05, 0.1) is 6.61 Å². The van der Waals surface area contributed by atoms with Gasteiger partial charge < -0.3 is 29.4 Å². The number of amides is 1. The van der Waals surface area contributed by atoms with E-state index in [1.165, 1.54) is 7.11 Å². The van der Waals surface area contributed by atoms with Crippen LogP contribution in [0.1, 0.15) is 11.9 Å². The molecule has 2 aliphatic rings. The fourth-order valence-corrected chi connectivity index (χ4v) is 2.83. The average molecular weight is 309 g/mol. The summed E-state index contributed by atoms with van der Waals surface area (Å²) in [5.74, 6) is 0. The predicted octanol–water partition coefficient (Wildman–Crippen LogP) is -0.0526. The van der Waals surface area contributed by atoms with Crippen LogP contribution < -0.4 is 5.32 Å². The van der Waals surface area contributed by atoms with Crippen LogP contribution in [-0.4, -0.2) is 55.9 Å². The fourth-order valence-electron chi connectivity index (χ4n) is 2.83. The number of carbonyl (C=O) groups is 1. The molecular formula is C15H19NO6. The van der Waals surface area contributed by atoms with Crippen molar-refractivity contribution in [1.29, 1.82) is 0 Å². The molecule has 0 unspecified atom stereocenters. The molecule has 0 aromatic heterocycles. The van der Waals surface area contributed by atoms with Gasteiger partial charge in [0, 0.05) is 12.7 Å². The Morgan fingerprint density at radius 2 is 2.09 bits per heavy atom. The van der Waals surface area contributed by atoms with Crippen molar-refractivity contribution in [3.8, 4) is 0 Å².